The maximum atomic E-state index is 5.55. The van der Waals surface area contributed by atoms with Crippen molar-refractivity contribution >= 4 is 15.9 Å². The van der Waals surface area contributed by atoms with Gasteiger partial charge in [0.05, 0.1) is 5.33 Å². The van der Waals surface area contributed by atoms with Gasteiger partial charge in [-0.2, -0.15) is 4.98 Å². The molecule has 0 amide bonds. The predicted molar refractivity (Wildman–Crippen MR) is 57.8 cm³/mol. The van der Waals surface area contributed by atoms with Crippen molar-refractivity contribution in [2.75, 3.05) is 18.5 Å². The zero-order valence-corrected chi connectivity index (χ0v) is 10.7. The molecule has 0 spiro atoms. The van der Waals surface area contributed by atoms with E-state index in [1.54, 1.807) is 6.92 Å². The first-order chi connectivity index (χ1) is 7.18. The van der Waals surface area contributed by atoms with Crippen molar-refractivity contribution in [1.82, 2.24) is 10.1 Å². The standard InChI is InChI=1S/C9H15BrN2O3/c1-4-13-9(6-10,14-5-2)8-11-7(3)12-15-8/h4-6H2,1-3H3. The smallest absolute Gasteiger partial charge is 0.287 e. The summed E-state index contributed by atoms with van der Waals surface area (Å²) in [6.07, 6.45) is 0. The SMILES string of the molecule is CCOC(CBr)(OCC)c1nc(C)no1. The highest BCUT2D eigenvalue weighted by Gasteiger charge is 2.39. The summed E-state index contributed by atoms with van der Waals surface area (Å²) < 4.78 is 16.2. The molecule has 6 heteroatoms. The van der Waals surface area contributed by atoms with Crippen molar-refractivity contribution in [2.24, 2.45) is 0 Å². The molecule has 1 rings (SSSR count). The lowest BCUT2D eigenvalue weighted by molar-refractivity contribution is -0.239. The van der Waals surface area contributed by atoms with Crippen LogP contribution in [0.25, 0.3) is 0 Å². The Morgan fingerprint density at radius 1 is 1.33 bits per heavy atom. The predicted octanol–water partition coefficient (Wildman–Crippen LogP) is 2.00. The van der Waals surface area contributed by atoms with Gasteiger partial charge >= 0.3 is 0 Å². The van der Waals surface area contributed by atoms with Crippen molar-refractivity contribution in [3.8, 4) is 0 Å². The van der Waals surface area contributed by atoms with Gasteiger partial charge < -0.3 is 14.0 Å². The molecule has 1 heterocycles. The fraction of sp³-hybridized carbons (Fsp3) is 0.778. The fourth-order valence-electron chi connectivity index (χ4n) is 1.22. The molecule has 5 nitrogen and oxygen atoms in total. The first-order valence-electron chi connectivity index (χ1n) is 4.83. The van der Waals surface area contributed by atoms with Crippen molar-refractivity contribution in [1.29, 1.82) is 0 Å². The van der Waals surface area contributed by atoms with E-state index >= 15 is 0 Å². The van der Waals surface area contributed by atoms with Crippen LogP contribution in [0.4, 0.5) is 0 Å². The first kappa shape index (κ1) is 12.6. The zero-order valence-electron chi connectivity index (χ0n) is 9.12. The van der Waals surface area contributed by atoms with Crippen molar-refractivity contribution < 1.29 is 14.0 Å². The van der Waals surface area contributed by atoms with E-state index in [2.05, 4.69) is 26.1 Å². The number of aryl methyl sites for hydroxylation is 1. The van der Waals surface area contributed by atoms with Gasteiger partial charge in [-0.15, -0.1) is 0 Å². The summed E-state index contributed by atoms with van der Waals surface area (Å²) in [5.74, 6) is -0.0552. The summed E-state index contributed by atoms with van der Waals surface area (Å²) in [6, 6.07) is 0. The average molecular weight is 279 g/mol. The lowest BCUT2D eigenvalue weighted by Crippen LogP contribution is -2.35. The molecule has 0 N–H and O–H groups in total. The summed E-state index contributed by atoms with van der Waals surface area (Å²) in [7, 11) is 0. The van der Waals surface area contributed by atoms with E-state index in [1.165, 1.54) is 0 Å². The van der Waals surface area contributed by atoms with Crippen LogP contribution in [0.1, 0.15) is 25.6 Å². The van der Waals surface area contributed by atoms with E-state index in [0.29, 0.717) is 30.3 Å². The second-order valence-corrected chi connectivity index (χ2v) is 3.46. The topological polar surface area (TPSA) is 57.4 Å². The third kappa shape index (κ3) is 2.76. The quantitative estimate of drug-likeness (QED) is 0.589. The minimum absolute atomic E-state index is 0.348. The molecule has 0 unspecified atom stereocenters. The van der Waals surface area contributed by atoms with Crippen molar-refractivity contribution in [3.05, 3.63) is 11.7 Å². The number of hydrogen-bond acceptors (Lipinski definition) is 5. The third-order valence-corrected chi connectivity index (χ3v) is 2.52. The Morgan fingerprint density at radius 3 is 2.27 bits per heavy atom. The summed E-state index contributed by atoms with van der Waals surface area (Å²) >= 11 is 3.34. The van der Waals surface area contributed by atoms with Gasteiger partial charge in [0, 0.05) is 13.2 Å². The number of rotatable bonds is 6. The molecule has 0 aliphatic rings. The Kier molecular flexibility index (Phi) is 4.69. The molecule has 0 aliphatic carbocycles. The Balaban J connectivity index is 2.96. The van der Waals surface area contributed by atoms with E-state index in [9.17, 15) is 0 Å². The minimum Gasteiger partial charge on any atom is -0.342 e. The summed E-state index contributed by atoms with van der Waals surface area (Å²) in [5.41, 5.74) is 0. The van der Waals surface area contributed by atoms with E-state index in [0.717, 1.165) is 0 Å². The van der Waals surface area contributed by atoms with Crippen LogP contribution in [-0.2, 0) is 15.3 Å². The maximum absolute atomic E-state index is 5.55. The lowest BCUT2D eigenvalue weighted by Gasteiger charge is -2.27. The molecule has 0 aliphatic heterocycles. The number of aromatic nitrogens is 2. The Morgan fingerprint density at radius 2 is 1.93 bits per heavy atom. The van der Waals surface area contributed by atoms with Crippen molar-refractivity contribution in [2.45, 2.75) is 26.6 Å². The number of alkyl halides is 1. The van der Waals surface area contributed by atoms with Crippen LogP contribution in [0.15, 0.2) is 4.52 Å². The molecule has 0 saturated heterocycles. The van der Waals surface area contributed by atoms with Gasteiger partial charge in [-0.3, -0.25) is 0 Å². The third-order valence-electron chi connectivity index (χ3n) is 1.78. The minimum atomic E-state index is -0.968. The second-order valence-electron chi connectivity index (χ2n) is 2.90. The Hall–Kier alpha value is -0.460. The summed E-state index contributed by atoms with van der Waals surface area (Å²) in [6.45, 7) is 6.54. The molecular weight excluding hydrogens is 264 g/mol. The van der Waals surface area contributed by atoms with Gasteiger partial charge in [0.2, 0.25) is 0 Å². The average Bonchev–Trinajstić information content (AvgIpc) is 2.65. The van der Waals surface area contributed by atoms with Gasteiger partial charge in [-0.1, -0.05) is 21.1 Å². The summed E-state index contributed by atoms with van der Waals surface area (Å²) in [5, 5.41) is 4.18. The highest BCUT2D eigenvalue weighted by molar-refractivity contribution is 9.09. The molecule has 15 heavy (non-hydrogen) atoms. The highest BCUT2D eigenvalue weighted by atomic mass is 79.9. The van der Waals surface area contributed by atoms with Crippen LogP contribution < -0.4 is 0 Å². The van der Waals surface area contributed by atoms with Crippen molar-refractivity contribution in [3.63, 3.8) is 0 Å². The molecular formula is C9H15BrN2O3. The number of halogens is 1. The van der Waals surface area contributed by atoms with E-state index in [4.69, 9.17) is 14.0 Å². The molecule has 1 aromatic heterocycles. The monoisotopic (exact) mass is 278 g/mol. The number of hydrogen-bond donors (Lipinski definition) is 0. The number of ether oxygens (including phenoxy) is 2. The second kappa shape index (κ2) is 5.58. The van der Waals surface area contributed by atoms with Gasteiger partial charge in [0.25, 0.3) is 11.7 Å². The molecule has 1 aromatic rings. The van der Waals surface area contributed by atoms with Crippen LogP contribution in [0.2, 0.25) is 0 Å². The van der Waals surface area contributed by atoms with Crippen LogP contribution in [-0.4, -0.2) is 28.7 Å². The van der Waals surface area contributed by atoms with Crippen LogP contribution in [0, 0.1) is 6.92 Å². The lowest BCUT2D eigenvalue weighted by atomic mass is 10.3. The van der Waals surface area contributed by atoms with Gasteiger partial charge in [-0.25, -0.2) is 0 Å². The van der Waals surface area contributed by atoms with Gasteiger partial charge in [-0.05, 0) is 20.8 Å². The molecule has 0 bridgehead atoms. The van der Waals surface area contributed by atoms with Gasteiger partial charge in [0.1, 0.15) is 0 Å². The van der Waals surface area contributed by atoms with E-state index < -0.39 is 5.79 Å². The largest absolute Gasteiger partial charge is 0.342 e. The fourth-order valence-corrected chi connectivity index (χ4v) is 1.78. The normalized spacial score (nSPS) is 12.0. The highest BCUT2D eigenvalue weighted by Crippen LogP contribution is 2.28. The van der Waals surface area contributed by atoms with Crippen LogP contribution in [0.5, 0.6) is 0 Å². The molecule has 0 saturated carbocycles. The molecule has 86 valence electrons. The Bertz CT molecular complexity index is 297. The first-order valence-corrected chi connectivity index (χ1v) is 5.95. The van der Waals surface area contributed by atoms with Crippen LogP contribution >= 0.6 is 15.9 Å². The summed E-state index contributed by atoms with van der Waals surface area (Å²) in [4.78, 5) is 4.13. The zero-order chi connectivity index (χ0) is 11.3. The molecule has 0 radical (unpaired) electrons. The van der Waals surface area contributed by atoms with E-state index in [-0.39, 0.29) is 0 Å². The molecule has 0 atom stereocenters. The molecule has 0 fully saturated rings. The number of nitrogens with zero attached hydrogens (tertiary/aromatic N) is 2. The Labute approximate surface area is 97.3 Å². The maximum Gasteiger partial charge on any atom is 0.287 e. The van der Waals surface area contributed by atoms with E-state index in [1.807, 2.05) is 13.8 Å². The molecule has 0 aromatic carbocycles. The van der Waals surface area contributed by atoms with Gasteiger partial charge in [0.15, 0.2) is 5.82 Å². The van der Waals surface area contributed by atoms with Crippen LogP contribution in [0.3, 0.4) is 0 Å².